The fraction of sp³-hybridized carbons (Fsp3) is 0.538. The molecule has 1 N–H and O–H groups in total. The summed E-state index contributed by atoms with van der Waals surface area (Å²) in [5.41, 5.74) is 1.16. The van der Waals surface area contributed by atoms with E-state index in [-0.39, 0.29) is 11.9 Å². The maximum Gasteiger partial charge on any atom is 0.241 e. The van der Waals surface area contributed by atoms with Crippen LogP contribution >= 0.6 is 11.8 Å². The molecule has 1 atom stereocenters. The summed E-state index contributed by atoms with van der Waals surface area (Å²) in [4.78, 5) is 18.5. The second-order valence-corrected chi connectivity index (χ2v) is 5.85. The van der Waals surface area contributed by atoms with Crippen LogP contribution in [0.25, 0.3) is 0 Å². The third-order valence-electron chi connectivity index (χ3n) is 3.39. The van der Waals surface area contributed by atoms with E-state index in [2.05, 4.69) is 10.3 Å². The first-order valence-corrected chi connectivity index (χ1v) is 7.50. The van der Waals surface area contributed by atoms with E-state index >= 15 is 0 Å². The van der Waals surface area contributed by atoms with Gasteiger partial charge in [-0.25, -0.2) is 0 Å². The van der Waals surface area contributed by atoms with Gasteiger partial charge in [-0.1, -0.05) is 0 Å². The van der Waals surface area contributed by atoms with Crippen LogP contribution in [0.5, 0.6) is 0 Å². The summed E-state index contributed by atoms with van der Waals surface area (Å²) in [5, 5.41) is 3.26. The molecule has 2 fully saturated rings. The van der Waals surface area contributed by atoms with Crippen LogP contribution in [0.4, 0.5) is 0 Å². The summed E-state index contributed by atoms with van der Waals surface area (Å²) < 4.78 is 0. The Balaban J connectivity index is 1.70. The highest BCUT2D eigenvalue weighted by molar-refractivity contribution is 7.99. The van der Waals surface area contributed by atoms with Gasteiger partial charge in [-0.05, 0) is 30.5 Å². The number of amides is 1. The lowest BCUT2D eigenvalue weighted by Crippen LogP contribution is -2.45. The molecule has 1 amide bonds. The van der Waals surface area contributed by atoms with Gasteiger partial charge in [0.25, 0.3) is 0 Å². The van der Waals surface area contributed by atoms with Crippen LogP contribution in [0.2, 0.25) is 0 Å². The molecule has 0 aromatic carbocycles. The van der Waals surface area contributed by atoms with Crippen LogP contribution in [0.1, 0.15) is 18.4 Å². The Morgan fingerprint density at radius 1 is 1.44 bits per heavy atom. The molecule has 0 bridgehead atoms. The molecule has 1 aromatic heterocycles. The van der Waals surface area contributed by atoms with E-state index < -0.39 is 0 Å². The maximum atomic E-state index is 12.5. The van der Waals surface area contributed by atoms with Crippen molar-refractivity contribution in [1.82, 2.24) is 15.2 Å². The van der Waals surface area contributed by atoms with Crippen molar-refractivity contribution in [2.24, 2.45) is 0 Å². The molecule has 96 valence electrons. The van der Waals surface area contributed by atoms with E-state index in [1.165, 1.54) is 0 Å². The molecule has 18 heavy (non-hydrogen) atoms. The van der Waals surface area contributed by atoms with Gasteiger partial charge < -0.3 is 4.90 Å². The molecule has 4 nitrogen and oxygen atoms in total. The van der Waals surface area contributed by atoms with Crippen LogP contribution in [-0.4, -0.2) is 39.5 Å². The Labute approximate surface area is 111 Å². The fourth-order valence-electron chi connectivity index (χ4n) is 2.21. The molecule has 0 spiro atoms. The first-order chi connectivity index (χ1) is 8.84. The van der Waals surface area contributed by atoms with E-state index in [0.29, 0.717) is 6.04 Å². The minimum atomic E-state index is 0.0115. The number of carbonyl (C=O) groups is 1. The predicted octanol–water partition coefficient (Wildman–Crippen LogP) is 1.24. The normalized spacial score (nSPS) is 23.0. The largest absolute Gasteiger partial charge is 0.334 e. The minimum absolute atomic E-state index is 0.0115. The Morgan fingerprint density at radius 3 is 2.83 bits per heavy atom. The van der Waals surface area contributed by atoms with Crippen molar-refractivity contribution in [1.29, 1.82) is 0 Å². The zero-order chi connectivity index (χ0) is 12.4. The summed E-state index contributed by atoms with van der Waals surface area (Å²) in [6.07, 6.45) is 5.87. The topological polar surface area (TPSA) is 45.2 Å². The molecule has 3 rings (SSSR count). The lowest BCUT2D eigenvalue weighted by molar-refractivity contribution is -0.133. The van der Waals surface area contributed by atoms with Gasteiger partial charge in [0.2, 0.25) is 5.91 Å². The van der Waals surface area contributed by atoms with Gasteiger partial charge in [-0.15, -0.1) is 11.8 Å². The van der Waals surface area contributed by atoms with E-state index in [1.54, 1.807) is 24.2 Å². The lowest BCUT2D eigenvalue weighted by Gasteiger charge is -2.25. The maximum absolute atomic E-state index is 12.5. The standard InChI is InChI=1S/C13H17N3OS/c17-13(12-8-18-9-15-12)16(11-1-2-11)7-10-3-5-14-6-4-10/h3-6,11-12,15H,1-2,7-9H2. The molecule has 1 unspecified atom stereocenters. The number of carbonyl (C=O) groups excluding carboxylic acids is 1. The molecule has 1 aliphatic heterocycles. The number of aromatic nitrogens is 1. The fourth-order valence-corrected chi connectivity index (χ4v) is 3.15. The monoisotopic (exact) mass is 263 g/mol. The quantitative estimate of drug-likeness (QED) is 0.887. The summed E-state index contributed by atoms with van der Waals surface area (Å²) in [6, 6.07) is 4.44. The Bertz CT molecular complexity index is 416. The van der Waals surface area contributed by atoms with Crippen molar-refractivity contribution in [2.75, 3.05) is 11.6 Å². The van der Waals surface area contributed by atoms with Gasteiger partial charge in [0.1, 0.15) is 0 Å². The Morgan fingerprint density at radius 2 is 2.22 bits per heavy atom. The zero-order valence-electron chi connectivity index (χ0n) is 10.2. The summed E-state index contributed by atoms with van der Waals surface area (Å²) in [5.74, 6) is 2.06. The van der Waals surface area contributed by atoms with Gasteiger partial charge in [0.15, 0.2) is 0 Å². The molecular formula is C13H17N3OS. The average molecular weight is 263 g/mol. The summed E-state index contributed by atoms with van der Waals surface area (Å²) in [7, 11) is 0. The van der Waals surface area contributed by atoms with Crippen LogP contribution in [0.3, 0.4) is 0 Å². The van der Waals surface area contributed by atoms with Crippen LogP contribution in [0, 0.1) is 0 Å². The van der Waals surface area contributed by atoms with Crippen molar-refractivity contribution in [3.8, 4) is 0 Å². The molecule has 0 radical (unpaired) electrons. The second kappa shape index (κ2) is 5.28. The van der Waals surface area contributed by atoms with Crippen molar-refractivity contribution in [2.45, 2.75) is 31.5 Å². The second-order valence-electron chi connectivity index (χ2n) is 4.82. The van der Waals surface area contributed by atoms with Gasteiger partial charge in [0, 0.05) is 36.6 Å². The summed E-state index contributed by atoms with van der Waals surface area (Å²) >= 11 is 1.80. The van der Waals surface area contributed by atoms with Gasteiger partial charge in [0.05, 0.1) is 6.04 Å². The molecule has 5 heteroatoms. The van der Waals surface area contributed by atoms with Crippen molar-refractivity contribution in [3.63, 3.8) is 0 Å². The Hall–Kier alpha value is -1.07. The van der Waals surface area contributed by atoms with Crippen LogP contribution in [0.15, 0.2) is 24.5 Å². The van der Waals surface area contributed by atoms with E-state index in [1.807, 2.05) is 17.0 Å². The van der Waals surface area contributed by atoms with E-state index in [4.69, 9.17) is 0 Å². The zero-order valence-corrected chi connectivity index (χ0v) is 11.0. The highest BCUT2D eigenvalue weighted by Gasteiger charge is 2.36. The Kier molecular flexibility index (Phi) is 3.52. The van der Waals surface area contributed by atoms with Crippen molar-refractivity contribution >= 4 is 17.7 Å². The first kappa shape index (κ1) is 12.0. The molecular weight excluding hydrogens is 246 g/mol. The van der Waals surface area contributed by atoms with Crippen molar-refractivity contribution < 1.29 is 4.79 Å². The average Bonchev–Trinajstić information content (AvgIpc) is 3.10. The van der Waals surface area contributed by atoms with Crippen LogP contribution < -0.4 is 5.32 Å². The lowest BCUT2D eigenvalue weighted by atomic mass is 10.2. The van der Waals surface area contributed by atoms with E-state index in [9.17, 15) is 4.79 Å². The minimum Gasteiger partial charge on any atom is -0.334 e. The predicted molar refractivity (Wildman–Crippen MR) is 72.1 cm³/mol. The highest BCUT2D eigenvalue weighted by Crippen LogP contribution is 2.29. The molecule has 1 aromatic rings. The van der Waals surface area contributed by atoms with Gasteiger partial charge in [-0.3, -0.25) is 15.1 Å². The number of pyridine rings is 1. The number of rotatable bonds is 4. The highest BCUT2D eigenvalue weighted by atomic mass is 32.2. The molecule has 1 saturated carbocycles. The molecule has 2 heterocycles. The van der Waals surface area contributed by atoms with Gasteiger partial charge in [-0.2, -0.15) is 0 Å². The molecule has 1 saturated heterocycles. The third-order valence-corrected chi connectivity index (χ3v) is 4.33. The first-order valence-electron chi connectivity index (χ1n) is 6.35. The number of hydrogen-bond acceptors (Lipinski definition) is 4. The number of hydrogen-bond donors (Lipinski definition) is 1. The number of nitrogens with zero attached hydrogens (tertiary/aromatic N) is 2. The SMILES string of the molecule is O=C(C1CSCN1)N(Cc1ccncc1)C1CC1. The summed E-state index contributed by atoms with van der Waals surface area (Å²) in [6.45, 7) is 0.717. The van der Waals surface area contributed by atoms with Crippen molar-refractivity contribution in [3.05, 3.63) is 30.1 Å². The van der Waals surface area contributed by atoms with Gasteiger partial charge >= 0.3 is 0 Å². The third kappa shape index (κ3) is 2.67. The molecule has 1 aliphatic carbocycles. The van der Waals surface area contributed by atoms with E-state index in [0.717, 1.165) is 36.6 Å². The van der Waals surface area contributed by atoms with Crippen LogP contribution in [-0.2, 0) is 11.3 Å². The molecule has 2 aliphatic rings. The number of nitrogens with one attached hydrogen (secondary N) is 1. The number of thioether (sulfide) groups is 1. The smallest absolute Gasteiger partial charge is 0.241 e.